The molecule has 0 amide bonds. The fourth-order valence-corrected chi connectivity index (χ4v) is 2.29. The highest BCUT2D eigenvalue weighted by molar-refractivity contribution is 5.65. The van der Waals surface area contributed by atoms with E-state index in [2.05, 4.69) is 13.8 Å². The van der Waals surface area contributed by atoms with Crippen molar-refractivity contribution in [3.63, 3.8) is 0 Å². The predicted octanol–water partition coefficient (Wildman–Crippen LogP) is 3.01. The van der Waals surface area contributed by atoms with E-state index in [1.54, 1.807) is 0 Å². The normalized spacial score (nSPS) is 32.6. The highest BCUT2D eigenvalue weighted by Crippen LogP contribution is 2.34. The van der Waals surface area contributed by atoms with E-state index in [0.29, 0.717) is 6.61 Å². The van der Waals surface area contributed by atoms with Gasteiger partial charge in [-0.05, 0) is 30.6 Å². The molecule has 82 valence electrons. The topological polar surface area (TPSA) is 26.3 Å². The SMILES string of the molecule is CC(=O)OCCC1CCC(C)C(C)C1. The van der Waals surface area contributed by atoms with Gasteiger partial charge in [-0.3, -0.25) is 4.79 Å². The van der Waals surface area contributed by atoms with Crippen LogP contribution in [0.15, 0.2) is 0 Å². The van der Waals surface area contributed by atoms with Crippen molar-refractivity contribution in [3.05, 3.63) is 0 Å². The fraction of sp³-hybridized carbons (Fsp3) is 0.917. The zero-order chi connectivity index (χ0) is 10.6. The van der Waals surface area contributed by atoms with Gasteiger partial charge in [-0.2, -0.15) is 0 Å². The van der Waals surface area contributed by atoms with Gasteiger partial charge < -0.3 is 4.74 Å². The number of esters is 1. The van der Waals surface area contributed by atoms with Crippen LogP contribution in [0.2, 0.25) is 0 Å². The molecule has 1 saturated carbocycles. The van der Waals surface area contributed by atoms with Crippen LogP contribution in [-0.2, 0) is 9.53 Å². The molecule has 3 atom stereocenters. The number of carbonyl (C=O) groups excluding carboxylic acids is 1. The number of carbonyl (C=O) groups is 1. The average molecular weight is 198 g/mol. The molecular weight excluding hydrogens is 176 g/mol. The van der Waals surface area contributed by atoms with Gasteiger partial charge in [0.2, 0.25) is 0 Å². The first-order chi connectivity index (χ1) is 6.59. The van der Waals surface area contributed by atoms with Crippen LogP contribution in [-0.4, -0.2) is 12.6 Å². The summed E-state index contributed by atoms with van der Waals surface area (Å²) in [7, 11) is 0. The Morgan fingerprint density at radius 2 is 2.00 bits per heavy atom. The molecule has 1 aliphatic carbocycles. The highest BCUT2D eigenvalue weighted by atomic mass is 16.5. The number of hydrogen-bond acceptors (Lipinski definition) is 2. The summed E-state index contributed by atoms with van der Waals surface area (Å²) in [6, 6.07) is 0. The minimum Gasteiger partial charge on any atom is -0.466 e. The first-order valence-electron chi connectivity index (χ1n) is 5.73. The van der Waals surface area contributed by atoms with Gasteiger partial charge in [0.25, 0.3) is 0 Å². The Morgan fingerprint density at radius 1 is 1.29 bits per heavy atom. The van der Waals surface area contributed by atoms with Gasteiger partial charge in [-0.1, -0.05) is 26.7 Å². The first kappa shape index (κ1) is 11.5. The van der Waals surface area contributed by atoms with Crippen molar-refractivity contribution in [2.75, 3.05) is 6.61 Å². The summed E-state index contributed by atoms with van der Waals surface area (Å²) in [6.07, 6.45) is 5.01. The monoisotopic (exact) mass is 198 g/mol. The molecule has 0 aliphatic heterocycles. The quantitative estimate of drug-likeness (QED) is 0.652. The molecule has 0 aromatic carbocycles. The number of hydrogen-bond donors (Lipinski definition) is 0. The predicted molar refractivity (Wildman–Crippen MR) is 56.9 cm³/mol. The van der Waals surface area contributed by atoms with Crippen molar-refractivity contribution in [1.29, 1.82) is 0 Å². The second-order valence-electron chi connectivity index (χ2n) is 4.76. The van der Waals surface area contributed by atoms with E-state index >= 15 is 0 Å². The molecule has 0 aromatic heterocycles. The average Bonchev–Trinajstić information content (AvgIpc) is 2.10. The Morgan fingerprint density at radius 3 is 2.57 bits per heavy atom. The van der Waals surface area contributed by atoms with Crippen LogP contribution in [0.1, 0.15) is 46.5 Å². The maximum atomic E-state index is 10.6. The Balaban J connectivity index is 2.16. The summed E-state index contributed by atoms with van der Waals surface area (Å²) in [5, 5.41) is 0. The van der Waals surface area contributed by atoms with Gasteiger partial charge >= 0.3 is 5.97 Å². The molecule has 0 aromatic rings. The summed E-state index contributed by atoms with van der Waals surface area (Å²) in [5.41, 5.74) is 0. The third-order valence-electron chi connectivity index (χ3n) is 3.54. The van der Waals surface area contributed by atoms with Gasteiger partial charge in [0, 0.05) is 6.92 Å². The Hall–Kier alpha value is -0.530. The minimum absolute atomic E-state index is 0.151. The molecule has 0 N–H and O–H groups in total. The molecular formula is C12H22O2. The second kappa shape index (κ2) is 5.38. The van der Waals surface area contributed by atoms with Gasteiger partial charge in [0.1, 0.15) is 0 Å². The van der Waals surface area contributed by atoms with Crippen molar-refractivity contribution in [2.45, 2.75) is 46.5 Å². The lowest BCUT2D eigenvalue weighted by Gasteiger charge is -2.31. The highest BCUT2D eigenvalue weighted by Gasteiger charge is 2.24. The van der Waals surface area contributed by atoms with E-state index in [4.69, 9.17) is 4.74 Å². The van der Waals surface area contributed by atoms with Crippen LogP contribution in [0, 0.1) is 17.8 Å². The van der Waals surface area contributed by atoms with Crippen LogP contribution in [0.25, 0.3) is 0 Å². The molecule has 0 heterocycles. The second-order valence-corrected chi connectivity index (χ2v) is 4.76. The summed E-state index contributed by atoms with van der Waals surface area (Å²) in [5.74, 6) is 2.34. The molecule has 1 aliphatic rings. The van der Waals surface area contributed by atoms with E-state index in [0.717, 1.165) is 24.2 Å². The molecule has 2 nitrogen and oxygen atoms in total. The molecule has 1 fully saturated rings. The summed E-state index contributed by atoms with van der Waals surface area (Å²) in [4.78, 5) is 10.6. The van der Waals surface area contributed by atoms with Crippen molar-refractivity contribution in [3.8, 4) is 0 Å². The molecule has 14 heavy (non-hydrogen) atoms. The third kappa shape index (κ3) is 3.69. The first-order valence-corrected chi connectivity index (χ1v) is 5.73. The van der Waals surface area contributed by atoms with E-state index in [1.807, 2.05) is 0 Å². The fourth-order valence-electron chi connectivity index (χ4n) is 2.29. The molecule has 1 rings (SSSR count). The smallest absolute Gasteiger partial charge is 0.302 e. The zero-order valence-corrected chi connectivity index (χ0v) is 9.58. The third-order valence-corrected chi connectivity index (χ3v) is 3.54. The lowest BCUT2D eigenvalue weighted by Crippen LogP contribution is -2.21. The molecule has 0 spiro atoms. The number of ether oxygens (including phenoxy) is 1. The molecule has 0 bridgehead atoms. The Bertz CT molecular complexity index is 189. The molecule has 3 unspecified atom stereocenters. The van der Waals surface area contributed by atoms with E-state index in [9.17, 15) is 4.79 Å². The molecule has 2 heteroatoms. The van der Waals surface area contributed by atoms with Crippen molar-refractivity contribution < 1.29 is 9.53 Å². The Labute approximate surface area is 87.0 Å². The van der Waals surface area contributed by atoms with Crippen molar-refractivity contribution in [1.82, 2.24) is 0 Å². The van der Waals surface area contributed by atoms with Crippen LogP contribution >= 0.6 is 0 Å². The lowest BCUT2D eigenvalue weighted by atomic mass is 9.75. The van der Waals surface area contributed by atoms with Crippen LogP contribution < -0.4 is 0 Å². The largest absolute Gasteiger partial charge is 0.466 e. The standard InChI is InChI=1S/C12H22O2/c1-9-4-5-12(8-10(9)2)6-7-14-11(3)13/h9-10,12H,4-8H2,1-3H3. The van der Waals surface area contributed by atoms with Crippen LogP contribution in [0.4, 0.5) is 0 Å². The summed E-state index contributed by atoms with van der Waals surface area (Å²) < 4.78 is 4.97. The van der Waals surface area contributed by atoms with Crippen molar-refractivity contribution in [2.24, 2.45) is 17.8 Å². The van der Waals surface area contributed by atoms with Gasteiger partial charge in [-0.25, -0.2) is 0 Å². The molecule has 0 saturated heterocycles. The van der Waals surface area contributed by atoms with E-state index in [1.165, 1.54) is 26.2 Å². The van der Waals surface area contributed by atoms with Crippen LogP contribution in [0.3, 0.4) is 0 Å². The number of rotatable bonds is 3. The lowest BCUT2D eigenvalue weighted by molar-refractivity contribution is -0.141. The van der Waals surface area contributed by atoms with Gasteiger partial charge in [0.15, 0.2) is 0 Å². The minimum atomic E-state index is -0.151. The van der Waals surface area contributed by atoms with Gasteiger partial charge in [0.05, 0.1) is 6.61 Å². The van der Waals surface area contributed by atoms with Crippen molar-refractivity contribution >= 4 is 5.97 Å². The van der Waals surface area contributed by atoms with Crippen LogP contribution in [0.5, 0.6) is 0 Å². The van der Waals surface area contributed by atoms with E-state index < -0.39 is 0 Å². The maximum Gasteiger partial charge on any atom is 0.302 e. The summed E-state index contributed by atoms with van der Waals surface area (Å²) in [6.45, 7) is 6.77. The van der Waals surface area contributed by atoms with E-state index in [-0.39, 0.29) is 5.97 Å². The molecule has 0 radical (unpaired) electrons. The summed E-state index contributed by atoms with van der Waals surface area (Å²) >= 11 is 0. The maximum absolute atomic E-state index is 10.6. The van der Waals surface area contributed by atoms with Gasteiger partial charge in [-0.15, -0.1) is 0 Å². The Kier molecular flexibility index (Phi) is 4.43. The zero-order valence-electron chi connectivity index (χ0n) is 9.58.